The summed E-state index contributed by atoms with van der Waals surface area (Å²) < 4.78 is 77.8. The number of hydrogen-bond donors (Lipinski definition) is 2. The summed E-state index contributed by atoms with van der Waals surface area (Å²) in [5, 5.41) is 18.0. The number of nitrogens with one attached hydrogen (secondary N) is 2. The van der Waals surface area contributed by atoms with Gasteiger partial charge in [-0.25, -0.2) is 0 Å². The fourth-order valence-corrected chi connectivity index (χ4v) is 2.20. The molecule has 0 aliphatic rings. The number of hydrogen-bond acceptors (Lipinski definition) is 4. The number of halogens is 6. The number of benzene rings is 1. The summed E-state index contributed by atoms with van der Waals surface area (Å²) in [5.74, 6) is -0.670. The van der Waals surface area contributed by atoms with Crippen LogP contribution >= 0.6 is 0 Å². The van der Waals surface area contributed by atoms with Gasteiger partial charge in [0.25, 0.3) is 0 Å². The largest absolute Gasteiger partial charge is 0.416 e. The maximum absolute atomic E-state index is 13.0. The minimum atomic E-state index is -5.02. The minimum absolute atomic E-state index is 0.0149. The average Bonchev–Trinajstić information content (AvgIpc) is 2.66. The van der Waals surface area contributed by atoms with E-state index in [1.165, 1.54) is 19.3 Å². The lowest BCUT2D eigenvalue weighted by atomic mass is 10.0. The van der Waals surface area contributed by atoms with Gasteiger partial charge in [-0.15, -0.1) is 0 Å². The second-order valence-corrected chi connectivity index (χ2v) is 5.72. The lowest BCUT2D eigenvalue weighted by Crippen LogP contribution is -2.36. The first kappa shape index (κ1) is 21.7. The Morgan fingerprint density at radius 2 is 1.69 bits per heavy atom. The van der Waals surface area contributed by atoms with E-state index >= 15 is 0 Å². The molecule has 0 fully saturated rings. The molecule has 2 aromatic rings. The van der Waals surface area contributed by atoms with Gasteiger partial charge < -0.3 is 5.43 Å². The van der Waals surface area contributed by atoms with Gasteiger partial charge in [0.05, 0.1) is 22.4 Å². The predicted octanol–water partition coefficient (Wildman–Crippen LogP) is 4.45. The zero-order chi connectivity index (χ0) is 21.8. The van der Waals surface area contributed by atoms with Crippen molar-refractivity contribution in [2.24, 2.45) is 0 Å². The summed E-state index contributed by atoms with van der Waals surface area (Å²) in [6.07, 6.45) is -7.47. The molecule has 2 rings (SSSR count). The maximum atomic E-state index is 13.0. The van der Waals surface area contributed by atoms with Crippen molar-refractivity contribution >= 4 is 11.4 Å². The summed E-state index contributed by atoms with van der Waals surface area (Å²) in [6.45, 7) is 0. The second kappa shape index (κ2) is 8.22. The molecule has 1 heterocycles. The molecular weight excluding hydrogens is 400 g/mol. The number of allylic oxidation sites excluding steroid dienone is 1. The Labute approximate surface area is 161 Å². The van der Waals surface area contributed by atoms with Crippen LogP contribution in [0.3, 0.4) is 0 Å². The molecule has 152 valence electrons. The number of pyridine rings is 1. The number of amidine groups is 1. The van der Waals surface area contributed by atoms with Crippen LogP contribution in [0.25, 0.3) is 5.57 Å². The molecule has 29 heavy (non-hydrogen) atoms. The van der Waals surface area contributed by atoms with E-state index in [1.807, 2.05) is 6.07 Å². The van der Waals surface area contributed by atoms with E-state index in [4.69, 9.17) is 5.41 Å². The van der Waals surface area contributed by atoms with E-state index in [9.17, 15) is 31.6 Å². The van der Waals surface area contributed by atoms with Crippen LogP contribution in [0.1, 0.15) is 22.4 Å². The van der Waals surface area contributed by atoms with Crippen LogP contribution in [-0.4, -0.2) is 22.9 Å². The first-order valence-corrected chi connectivity index (χ1v) is 7.83. The van der Waals surface area contributed by atoms with Crippen molar-refractivity contribution in [1.82, 2.24) is 15.4 Å². The van der Waals surface area contributed by atoms with Gasteiger partial charge in [0.15, 0.2) is 0 Å². The molecule has 0 aliphatic carbocycles. The lowest BCUT2D eigenvalue weighted by molar-refractivity contribution is -0.143. The van der Waals surface area contributed by atoms with Gasteiger partial charge in [-0.2, -0.15) is 31.6 Å². The first-order valence-electron chi connectivity index (χ1n) is 7.83. The van der Waals surface area contributed by atoms with Crippen LogP contribution in [0.15, 0.2) is 48.8 Å². The normalized spacial score (nSPS) is 12.3. The number of nitriles is 1. The molecule has 0 unspecified atom stereocenters. The molecule has 0 spiro atoms. The molecule has 2 N–H and O–H groups in total. The quantitative estimate of drug-likeness (QED) is 0.255. The SMILES string of the molecule is CN(NC=C(C#N)c1ccccn1)C(=N)c1cc(C(F)(F)F)cc(C(F)(F)F)c1. The minimum Gasteiger partial charge on any atom is -0.303 e. The van der Waals surface area contributed by atoms with Crippen molar-refractivity contribution in [2.45, 2.75) is 12.4 Å². The molecule has 0 bridgehead atoms. The molecule has 1 aromatic heterocycles. The number of aromatic nitrogens is 1. The fourth-order valence-electron chi connectivity index (χ4n) is 2.20. The van der Waals surface area contributed by atoms with Gasteiger partial charge in [0, 0.05) is 25.0 Å². The Morgan fingerprint density at radius 3 is 2.14 bits per heavy atom. The van der Waals surface area contributed by atoms with Gasteiger partial charge in [-0.05, 0) is 30.3 Å². The molecule has 0 saturated heterocycles. The highest BCUT2D eigenvalue weighted by atomic mass is 19.4. The number of alkyl halides is 6. The van der Waals surface area contributed by atoms with Gasteiger partial charge in [0.2, 0.25) is 0 Å². The van der Waals surface area contributed by atoms with Crippen molar-refractivity contribution in [3.63, 3.8) is 0 Å². The van der Waals surface area contributed by atoms with E-state index in [0.717, 1.165) is 11.2 Å². The van der Waals surface area contributed by atoms with Gasteiger partial charge >= 0.3 is 12.4 Å². The number of rotatable bonds is 4. The summed E-state index contributed by atoms with van der Waals surface area (Å²) in [7, 11) is 1.21. The van der Waals surface area contributed by atoms with Crippen LogP contribution < -0.4 is 5.43 Å². The highest BCUT2D eigenvalue weighted by molar-refractivity contribution is 5.96. The second-order valence-electron chi connectivity index (χ2n) is 5.72. The Balaban J connectivity index is 2.33. The third-order valence-electron chi connectivity index (χ3n) is 3.66. The lowest BCUT2D eigenvalue weighted by Gasteiger charge is -2.22. The highest BCUT2D eigenvalue weighted by Gasteiger charge is 2.37. The van der Waals surface area contributed by atoms with Crippen LogP contribution in [0.4, 0.5) is 26.3 Å². The number of hydrazine groups is 1. The molecule has 0 atom stereocenters. The van der Waals surface area contributed by atoms with Crippen molar-refractivity contribution < 1.29 is 26.3 Å². The van der Waals surface area contributed by atoms with Crippen molar-refractivity contribution in [3.8, 4) is 6.07 Å². The summed E-state index contributed by atoms with van der Waals surface area (Å²) >= 11 is 0. The zero-order valence-corrected chi connectivity index (χ0v) is 14.7. The van der Waals surface area contributed by atoms with E-state index in [1.54, 1.807) is 12.1 Å². The van der Waals surface area contributed by atoms with Crippen LogP contribution in [0.5, 0.6) is 0 Å². The average molecular weight is 413 g/mol. The standard InChI is InChI=1S/C18H13F6N5/c1-29(28-10-12(9-25)15-4-2-3-5-27-15)16(26)11-6-13(17(19,20)21)8-14(7-11)18(22,23)24/h2-8,10,26,28H,1H3. The smallest absolute Gasteiger partial charge is 0.303 e. The van der Waals surface area contributed by atoms with Crippen LogP contribution in [0.2, 0.25) is 0 Å². The Hall–Kier alpha value is -3.55. The fraction of sp³-hybridized carbons (Fsp3) is 0.167. The van der Waals surface area contributed by atoms with Gasteiger partial charge in [-0.3, -0.25) is 15.4 Å². The predicted molar refractivity (Wildman–Crippen MR) is 92.0 cm³/mol. The van der Waals surface area contributed by atoms with E-state index in [0.29, 0.717) is 17.8 Å². The zero-order valence-electron chi connectivity index (χ0n) is 14.7. The third-order valence-corrected chi connectivity index (χ3v) is 3.66. The molecule has 11 heteroatoms. The molecule has 0 aliphatic heterocycles. The van der Waals surface area contributed by atoms with Gasteiger partial charge in [0.1, 0.15) is 11.9 Å². The number of nitrogens with zero attached hydrogens (tertiary/aromatic N) is 3. The summed E-state index contributed by atoms with van der Waals surface area (Å²) in [5.41, 5.74) is -0.849. The van der Waals surface area contributed by atoms with Crippen molar-refractivity contribution in [2.75, 3.05) is 7.05 Å². The van der Waals surface area contributed by atoms with E-state index in [2.05, 4.69) is 10.4 Å². The molecule has 0 amide bonds. The Bertz CT molecular complexity index is 925. The van der Waals surface area contributed by atoms with E-state index < -0.39 is 34.9 Å². The summed E-state index contributed by atoms with van der Waals surface area (Å²) in [4.78, 5) is 3.96. The third kappa shape index (κ3) is 5.47. The van der Waals surface area contributed by atoms with Crippen LogP contribution in [-0.2, 0) is 12.4 Å². The Morgan fingerprint density at radius 1 is 1.10 bits per heavy atom. The highest BCUT2D eigenvalue weighted by Crippen LogP contribution is 2.36. The molecular formula is C18H13F6N5. The molecule has 0 saturated carbocycles. The topological polar surface area (TPSA) is 75.8 Å². The first-order chi connectivity index (χ1) is 13.4. The van der Waals surface area contributed by atoms with Gasteiger partial charge in [-0.1, -0.05) is 6.07 Å². The molecule has 5 nitrogen and oxygen atoms in total. The monoisotopic (exact) mass is 413 g/mol. The van der Waals surface area contributed by atoms with Crippen molar-refractivity contribution in [3.05, 3.63) is 71.2 Å². The van der Waals surface area contributed by atoms with Crippen molar-refractivity contribution in [1.29, 1.82) is 10.7 Å². The molecule has 0 radical (unpaired) electrons. The maximum Gasteiger partial charge on any atom is 0.416 e. The Kier molecular flexibility index (Phi) is 6.16. The summed E-state index contributed by atoms with van der Waals surface area (Å²) in [6, 6.07) is 7.52. The molecule has 1 aromatic carbocycles. The van der Waals surface area contributed by atoms with E-state index in [-0.39, 0.29) is 11.6 Å². The van der Waals surface area contributed by atoms with Crippen LogP contribution in [0, 0.1) is 16.7 Å².